The second-order valence-electron chi connectivity index (χ2n) is 12.6. The number of nitrogens with one attached hydrogen (secondary N) is 2. The molecule has 1 aromatic rings. The lowest BCUT2D eigenvalue weighted by Crippen LogP contribution is -2.58. The number of amides is 2. The quantitative estimate of drug-likeness (QED) is 0.534. The van der Waals surface area contributed by atoms with Crippen LogP contribution in [0.3, 0.4) is 0 Å². The van der Waals surface area contributed by atoms with Gasteiger partial charge in [-0.15, -0.1) is 0 Å². The Kier molecular flexibility index (Phi) is 7.96. The van der Waals surface area contributed by atoms with E-state index in [1.165, 1.54) is 12.8 Å². The number of aliphatic imine (C=N–C) groups is 1. The molecule has 1 aromatic carbocycles. The third kappa shape index (κ3) is 5.56. The number of likely N-dealkylation sites (tertiary alicyclic amines) is 1. The fourth-order valence-corrected chi connectivity index (χ4v) is 7.34. The fraction of sp³-hybridized carbons (Fsp3) is 0.645. The Morgan fingerprint density at radius 1 is 1.02 bits per heavy atom. The van der Waals surface area contributed by atoms with Gasteiger partial charge in [0, 0.05) is 50.5 Å². The number of hydrogen-bond donors (Lipinski definition) is 2. The van der Waals surface area contributed by atoms with E-state index in [1.807, 2.05) is 30.1 Å². The van der Waals surface area contributed by atoms with Crippen molar-refractivity contribution in [3.8, 4) is 5.75 Å². The lowest BCUT2D eigenvalue weighted by Gasteiger charge is -2.41. The number of rotatable bonds is 5. The molecule has 10 heteroatoms. The summed E-state index contributed by atoms with van der Waals surface area (Å²) in [6, 6.07) is 6.29. The molecule has 5 aliphatic rings. The zero-order chi connectivity index (χ0) is 28.6. The molecule has 0 aromatic heterocycles. The fourth-order valence-electron chi connectivity index (χ4n) is 7.34. The number of hydrogen-bond acceptors (Lipinski definition) is 7. The number of piperidine rings is 1. The molecule has 1 aliphatic carbocycles. The Morgan fingerprint density at radius 3 is 2.46 bits per heavy atom. The minimum atomic E-state index is -0.0596. The van der Waals surface area contributed by atoms with Crippen molar-refractivity contribution in [2.24, 2.45) is 4.99 Å². The standard InChI is InChI=1S/C31H45N7O3/c1-35-15-12-23(13-16-35)32-30(40)22-10-11-25(27(20-22)41-3)33-31-34-29-26(21-38(31)18-6-7-19-38)36(2)28(39)14-17-37(29)24-8-4-5-9-24/h10-11,20,23-24H,4-9,12-19,21H2,1-3H3,(H-,32,33,34,40)/p+1. The highest BCUT2D eigenvalue weighted by Crippen LogP contribution is 2.37. The summed E-state index contributed by atoms with van der Waals surface area (Å²) in [7, 11) is 5.70. The van der Waals surface area contributed by atoms with Crippen molar-refractivity contribution in [1.82, 2.24) is 20.0 Å². The molecule has 6 rings (SSSR count). The van der Waals surface area contributed by atoms with Crippen LogP contribution in [0.2, 0.25) is 0 Å². The van der Waals surface area contributed by atoms with E-state index in [0.29, 0.717) is 34.8 Å². The van der Waals surface area contributed by atoms with Gasteiger partial charge in [0.2, 0.25) is 5.91 Å². The number of likely N-dealkylation sites (N-methyl/N-ethyl adjacent to an activating group) is 1. The second-order valence-corrected chi connectivity index (χ2v) is 12.6. The van der Waals surface area contributed by atoms with E-state index >= 15 is 0 Å². The van der Waals surface area contributed by atoms with E-state index in [4.69, 9.17) is 9.73 Å². The first-order valence-corrected chi connectivity index (χ1v) is 15.5. The number of anilines is 1. The summed E-state index contributed by atoms with van der Waals surface area (Å²) in [4.78, 5) is 38.1. The van der Waals surface area contributed by atoms with E-state index in [0.717, 1.165) is 94.4 Å². The van der Waals surface area contributed by atoms with Crippen LogP contribution in [0, 0.1) is 0 Å². The van der Waals surface area contributed by atoms with Gasteiger partial charge in [0.05, 0.1) is 25.9 Å². The van der Waals surface area contributed by atoms with Crippen LogP contribution >= 0.6 is 0 Å². The zero-order valence-electron chi connectivity index (χ0n) is 25.0. The van der Waals surface area contributed by atoms with Gasteiger partial charge in [-0.25, -0.2) is 0 Å². The Balaban J connectivity index is 1.30. The third-order valence-electron chi connectivity index (χ3n) is 9.94. The van der Waals surface area contributed by atoms with Crippen molar-refractivity contribution in [1.29, 1.82) is 0 Å². The van der Waals surface area contributed by atoms with Crippen molar-refractivity contribution in [2.45, 2.75) is 69.9 Å². The summed E-state index contributed by atoms with van der Waals surface area (Å²) in [6.45, 7) is 5.43. The minimum Gasteiger partial charge on any atom is -0.495 e. The highest BCUT2D eigenvalue weighted by Gasteiger charge is 2.47. The summed E-state index contributed by atoms with van der Waals surface area (Å²) >= 11 is 0. The lowest BCUT2D eigenvalue weighted by molar-refractivity contribution is -0.825. The molecule has 41 heavy (non-hydrogen) atoms. The molecule has 0 bridgehead atoms. The third-order valence-corrected chi connectivity index (χ3v) is 9.94. The monoisotopic (exact) mass is 564 g/mol. The van der Waals surface area contributed by atoms with Gasteiger partial charge in [0.15, 0.2) is 5.82 Å². The first-order chi connectivity index (χ1) is 19.9. The summed E-state index contributed by atoms with van der Waals surface area (Å²) in [5.74, 6) is 2.61. The molecule has 0 radical (unpaired) electrons. The van der Waals surface area contributed by atoms with Crippen LogP contribution in [0.25, 0.3) is 0 Å². The molecule has 10 nitrogen and oxygen atoms in total. The zero-order valence-corrected chi connectivity index (χ0v) is 25.0. The van der Waals surface area contributed by atoms with Crippen molar-refractivity contribution >= 4 is 23.5 Å². The molecule has 4 heterocycles. The SMILES string of the molecule is COc1cc(C(=O)NC2CCN(C)CC2)ccc1NC1=NC2=C(C[N+]13CCCC3)N(C)C(=O)CCN2C1CCCC1. The van der Waals surface area contributed by atoms with Crippen LogP contribution in [0.15, 0.2) is 34.7 Å². The largest absolute Gasteiger partial charge is 0.495 e. The molecule has 1 saturated carbocycles. The van der Waals surface area contributed by atoms with Crippen LogP contribution in [-0.2, 0) is 4.79 Å². The normalized spacial score (nSPS) is 24.0. The number of methoxy groups -OCH3 is 1. The van der Waals surface area contributed by atoms with Crippen LogP contribution in [0.5, 0.6) is 5.75 Å². The Labute approximate surface area is 244 Å². The van der Waals surface area contributed by atoms with Crippen LogP contribution in [0.1, 0.15) is 68.1 Å². The van der Waals surface area contributed by atoms with E-state index in [-0.39, 0.29) is 17.9 Å². The number of ether oxygens (including phenoxy) is 1. The van der Waals surface area contributed by atoms with Gasteiger partial charge >= 0.3 is 5.96 Å². The van der Waals surface area contributed by atoms with Crippen LogP contribution < -0.4 is 15.4 Å². The Bertz CT molecular complexity index is 1220. The van der Waals surface area contributed by atoms with Gasteiger partial charge < -0.3 is 24.8 Å². The number of benzene rings is 1. The van der Waals surface area contributed by atoms with Gasteiger partial charge in [0.1, 0.15) is 18.0 Å². The smallest absolute Gasteiger partial charge is 0.309 e. The average Bonchev–Trinajstić information content (AvgIpc) is 3.67. The van der Waals surface area contributed by atoms with Crippen molar-refractivity contribution in [3.05, 3.63) is 35.3 Å². The molecule has 1 spiro atoms. The predicted molar refractivity (Wildman–Crippen MR) is 160 cm³/mol. The molecule has 0 unspecified atom stereocenters. The number of quaternary nitrogens is 1. The molecule has 0 atom stereocenters. The second kappa shape index (κ2) is 11.6. The highest BCUT2D eigenvalue weighted by atomic mass is 16.5. The maximum atomic E-state index is 13.1. The molecular weight excluding hydrogens is 518 g/mol. The van der Waals surface area contributed by atoms with Gasteiger partial charge in [-0.3, -0.25) is 19.4 Å². The maximum Gasteiger partial charge on any atom is 0.309 e. The van der Waals surface area contributed by atoms with Gasteiger partial charge in [-0.1, -0.05) is 12.8 Å². The van der Waals surface area contributed by atoms with Gasteiger partial charge in [0.25, 0.3) is 5.91 Å². The average molecular weight is 565 g/mol. The van der Waals surface area contributed by atoms with Gasteiger partial charge in [-0.05, 0) is 64.0 Å². The highest BCUT2D eigenvalue weighted by molar-refractivity contribution is 5.97. The van der Waals surface area contributed by atoms with Gasteiger partial charge in [-0.2, -0.15) is 4.99 Å². The van der Waals surface area contributed by atoms with E-state index in [1.54, 1.807) is 7.11 Å². The summed E-state index contributed by atoms with van der Waals surface area (Å²) in [5, 5.41) is 6.88. The summed E-state index contributed by atoms with van der Waals surface area (Å²) in [6.07, 6.45) is 9.48. The van der Waals surface area contributed by atoms with Crippen molar-refractivity contribution in [3.63, 3.8) is 0 Å². The molecule has 4 aliphatic heterocycles. The van der Waals surface area contributed by atoms with E-state index in [9.17, 15) is 9.59 Å². The minimum absolute atomic E-state index is 0.0596. The van der Waals surface area contributed by atoms with Crippen LogP contribution in [0.4, 0.5) is 5.69 Å². The summed E-state index contributed by atoms with van der Waals surface area (Å²) in [5.41, 5.74) is 2.46. The lowest BCUT2D eigenvalue weighted by atomic mass is 10.0. The summed E-state index contributed by atoms with van der Waals surface area (Å²) < 4.78 is 6.51. The Morgan fingerprint density at radius 2 is 1.76 bits per heavy atom. The first kappa shape index (κ1) is 28.0. The van der Waals surface area contributed by atoms with Crippen molar-refractivity contribution in [2.75, 3.05) is 65.8 Å². The molecule has 2 N–H and O–H groups in total. The molecule has 2 saturated heterocycles. The first-order valence-electron chi connectivity index (χ1n) is 15.5. The van der Waals surface area contributed by atoms with E-state index in [2.05, 4.69) is 27.5 Å². The predicted octanol–water partition coefficient (Wildman–Crippen LogP) is 3.19. The number of guanidine groups is 1. The maximum absolute atomic E-state index is 13.1. The molecule has 3 fully saturated rings. The molecule has 2 amide bonds. The molecular formula is C31H46N7O3+. The topological polar surface area (TPSA) is 89.5 Å². The van der Waals surface area contributed by atoms with E-state index < -0.39 is 0 Å². The number of carbonyl (C=O) groups is 2. The number of carbonyl (C=O) groups excluding carboxylic acids is 2. The van der Waals surface area contributed by atoms with Crippen LogP contribution in [-0.4, -0.2) is 110 Å². The Hall–Kier alpha value is -3.11. The molecule has 222 valence electrons. The van der Waals surface area contributed by atoms with Crippen molar-refractivity contribution < 1.29 is 18.8 Å². The number of nitrogens with zero attached hydrogens (tertiary/aromatic N) is 5.